The molecule has 43 heavy (non-hydrogen) atoms. The fourth-order valence-corrected chi connectivity index (χ4v) is 6.34. The highest BCUT2D eigenvalue weighted by atomic mass is 16.3. The number of aromatic nitrogens is 3. The molecule has 0 fully saturated rings. The summed E-state index contributed by atoms with van der Waals surface area (Å²) < 4.78 is 6.19. The predicted molar refractivity (Wildman–Crippen MR) is 173 cm³/mol. The van der Waals surface area contributed by atoms with Crippen LogP contribution in [0.3, 0.4) is 0 Å². The van der Waals surface area contributed by atoms with Crippen LogP contribution in [-0.4, -0.2) is 15.0 Å². The lowest BCUT2D eigenvalue weighted by molar-refractivity contribution is 0.574. The van der Waals surface area contributed by atoms with E-state index in [2.05, 4.69) is 78.1 Å². The van der Waals surface area contributed by atoms with E-state index in [0.717, 1.165) is 33.4 Å². The molecule has 202 valence electrons. The molecule has 0 saturated carbocycles. The summed E-state index contributed by atoms with van der Waals surface area (Å²) in [4.78, 5) is 15.2. The third kappa shape index (κ3) is 3.82. The summed E-state index contributed by atoms with van der Waals surface area (Å²) in [6, 6.07) is 41.8. The molecule has 5 nitrogen and oxygen atoms in total. The summed E-state index contributed by atoms with van der Waals surface area (Å²) in [5, 5.41) is 11.8. The number of rotatable bonds is 3. The number of benzene rings is 6. The molecular weight excluding hydrogens is 528 g/mol. The minimum Gasteiger partial charge on any atom is -0.456 e. The Kier molecular flexibility index (Phi) is 5.19. The maximum atomic E-state index is 6.19. The quantitative estimate of drug-likeness (QED) is 0.222. The van der Waals surface area contributed by atoms with Crippen LogP contribution >= 0.6 is 0 Å². The van der Waals surface area contributed by atoms with Gasteiger partial charge in [0.1, 0.15) is 17.4 Å². The van der Waals surface area contributed by atoms with Crippen LogP contribution in [-0.2, 0) is 0 Å². The van der Waals surface area contributed by atoms with Crippen molar-refractivity contribution in [3.8, 4) is 22.8 Å². The molecule has 0 radical (unpaired) electrons. The second-order valence-electron chi connectivity index (χ2n) is 10.9. The number of nitrogens with zero attached hydrogens (tertiary/aromatic N) is 3. The SMILES string of the molecule is C1=Cc2oc3ccccc3c2C(c2nc(-c3ccccc3)nc(-c3ccc4ccc5c6ccccc6ccc5c4c3)n2)N1. The van der Waals surface area contributed by atoms with Gasteiger partial charge in [-0.2, -0.15) is 0 Å². The number of nitrogens with one attached hydrogen (secondary N) is 1. The summed E-state index contributed by atoms with van der Waals surface area (Å²) in [5.74, 6) is 2.73. The molecule has 0 spiro atoms. The van der Waals surface area contributed by atoms with Gasteiger partial charge in [-0.25, -0.2) is 15.0 Å². The van der Waals surface area contributed by atoms with Crippen LogP contribution < -0.4 is 5.32 Å². The molecule has 1 aliphatic rings. The zero-order chi connectivity index (χ0) is 28.3. The molecule has 9 rings (SSSR count). The van der Waals surface area contributed by atoms with E-state index < -0.39 is 0 Å². The minimum absolute atomic E-state index is 0.291. The first kappa shape index (κ1) is 23.9. The molecule has 8 aromatic rings. The Bertz CT molecular complexity index is 2390. The van der Waals surface area contributed by atoms with Crippen LogP contribution in [0.1, 0.15) is 23.2 Å². The molecule has 1 atom stereocenters. The van der Waals surface area contributed by atoms with Crippen molar-refractivity contribution in [3.63, 3.8) is 0 Å². The Hall–Kier alpha value is -5.81. The lowest BCUT2D eigenvalue weighted by atomic mass is 9.96. The Morgan fingerprint density at radius 1 is 0.535 bits per heavy atom. The van der Waals surface area contributed by atoms with E-state index in [1.165, 1.54) is 32.3 Å². The van der Waals surface area contributed by atoms with Crippen molar-refractivity contribution in [2.24, 2.45) is 0 Å². The first-order valence-electron chi connectivity index (χ1n) is 14.4. The average molecular weight is 553 g/mol. The summed E-state index contributed by atoms with van der Waals surface area (Å²) in [5.41, 5.74) is 3.76. The average Bonchev–Trinajstić information content (AvgIpc) is 3.47. The van der Waals surface area contributed by atoms with Crippen LogP contribution in [0.15, 0.2) is 132 Å². The molecule has 3 heterocycles. The molecule has 0 aliphatic carbocycles. The summed E-state index contributed by atoms with van der Waals surface area (Å²) >= 11 is 0. The normalized spacial score (nSPS) is 14.4. The van der Waals surface area contributed by atoms with Crippen molar-refractivity contribution in [1.82, 2.24) is 20.3 Å². The van der Waals surface area contributed by atoms with E-state index in [1.54, 1.807) is 0 Å². The van der Waals surface area contributed by atoms with Gasteiger partial charge in [0.2, 0.25) is 0 Å². The van der Waals surface area contributed by atoms with Crippen molar-refractivity contribution < 1.29 is 4.42 Å². The first-order valence-corrected chi connectivity index (χ1v) is 14.4. The summed E-state index contributed by atoms with van der Waals surface area (Å²) in [6.45, 7) is 0. The van der Waals surface area contributed by atoms with Gasteiger partial charge < -0.3 is 9.73 Å². The number of hydrogen-bond acceptors (Lipinski definition) is 5. The van der Waals surface area contributed by atoms with E-state index in [-0.39, 0.29) is 6.04 Å². The fourth-order valence-electron chi connectivity index (χ4n) is 6.34. The third-order valence-electron chi connectivity index (χ3n) is 8.39. The number of fused-ring (bicyclic) bond motifs is 8. The smallest absolute Gasteiger partial charge is 0.163 e. The van der Waals surface area contributed by atoms with Crippen LogP contribution in [0.2, 0.25) is 0 Å². The highest BCUT2D eigenvalue weighted by Crippen LogP contribution is 2.38. The molecule has 0 saturated heterocycles. The predicted octanol–water partition coefficient (Wildman–Crippen LogP) is 9.07. The summed E-state index contributed by atoms with van der Waals surface area (Å²) in [6.07, 6.45) is 3.87. The van der Waals surface area contributed by atoms with Crippen LogP contribution in [0.4, 0.5) is 0 Å². The monoisotopic (exact) mass is 552 g/mol. The Morgan fingerprint density at radius 3 is 2.07 bits per heavy atom. The second-order valence-corrected chi connectivity index (χ2v) is 10.9. The van der Waals surface area contributed by atoms with Crippen molar-refractivity contribution >= 4 is 49.4 Å². The Balaban J connectivity index is 1.27. The molecule has 0 bridgehead atoms. The molecule has 1 aliphatic heterocycles. The van der Waals surface area contributed by atoms with Crippen molar-refractivity contribution in [2.45, 2.75) is 6.04 Å². The van der Waals surface area contributed by atoms with Gasteiger partial charge >= 0.3 is 0 Å². The molecule has 6 aromatic carbocycles. The van der Waals surface area contributed by atoms with Crippen molar-refractivity contribution in [1.29, 1.82) is 0 Å². The van der Waals surface area contributed by atoms with E-state index in [4.69, 9.17) is 19.4 Å². The topological polar surface area (TPSA) is 63.8 Å². The lowest BCUT2D eigenvalue weighted by Crippen LogP contribution is -2.23. The number of hydrogen-bond donors (Lipinski definition) is 1. The van der Waals surface area contributed by atoms with Gasteiger partial charge in [-0.15, -0.1) is 0 Å². The zero-order valence-corrected chi connectivity index (χ0v) is 23.0. The molecular formula is C38H24N4O. The van der Waals surface area contributed by atoms with Crippen molar-refractivity contribution in [2.75, 3.05) is 0 Å². The highest BCUT2D eigenvalue weighted by Gasteiger charge is 2.28. The van der Waals surface area contributed by atoms with Gasteiger partial charge in [-0.05, 0) is 50.5 Å². The third-order valence-corrected chi connectivity index (χ3v) is 8.39. The van der Waals surface area contributed by atoms with Gasteiger partial charge in [-0.1, -0.05) is 109 Å². The number of para-hydroxylation sites is 1. The minimum atomic E-state index is -0.291. The second kappa shape index (κ2) is 9.36. The summed E-state index contributed by atoms with van der Waals surface area (Å²) in [7, 11) is 0. The van der Waals surface area contributed by atoms with Crippen molar-refractivity contribution in [3.05, 3.63) is 145 Å². The Labute approximate surface area is 247 Å². The van der Waals surface area contributed by atoms with Crippen LogP contribution in [0.25, 0.3) is 72.1 Å². The van der Waals surface area contributed by atoms with Crippen LogP contribution in [0, 0.1) is 0 Å². The molecule has 1 N–H and O–H groups in total. The van der Waals surface area contributed by atoms with E-state index in [1.807, 2.05) is 60.8 Å². The number of furan rings is 1. The van der Waals surface area contributed by atoms with E-state index in [9.17, 15) is 0 Å². The van der Waals surface area contributed by atoms with Gasteiger partial charge in [0.15, 0.2) is 17.5 Å². The highest BCUT2D eigenvalue weighted by molar-refractivity contribution is 6.17. The largest absolute Gasteiger partial charge is 0.456 e. The molecule has 1 unspecified atom stereocenters. The van der Waals surface area contributed by atoms with Crippen LogP contribution in [0.5, 0.6) is 0 Å². The van der Waals surface area contributed by atoms with E-state index >= 15 is 0 Å². The molecule has 5 heteroatoms. The van der Waals surface area contributed by atoms with Gasteiger partial charge in [0.25, 0.3) is 0 Å². The van der Waals surface area contributed by atoms with Gasteiger partial charge in [-0.3, -0.25) is 0 Å². The first-order chi connectivity index (χ1) is 21.3. The fraction of sp³-hybridized carbons (Fsp3) is 0.0263. The maximum absolute atomic E-state index is 6.19. The van der Waals surface area contributed by atoms with E-state index in [0.29, 0.717) is 17.5 Å². The van der Waals surface area contributed by atoms with Gasteiger partial charge in [0.05, 0.1) is 0 Å². The standard InChI is InChI=1S/C38H24N4O/c1-2-9-25(10-3-1)36-40-37(42-38(41-36)35-34-30-12-6-7-13-32(30)43-33(34)20-21-39-35)26-15-14-24-17-18-28-27-11-5-4-8-23(27)16-19-29(28)31(24)22-26/h1-22,35,39H. The maximum Gasteiger partial charge on any atom is 0.163 e. The lowest BCUT2D eigenvalue weighted by Gasteiger charge is -2.20. The molecule has 2 aromatic heterocycles. The Morgan fingerprint density at radius 2 is 1.21 bits per heavy atom. The molecule has 0 amide bonds. The zero-order valence-electron chi connectivity index (χ0n) is 23.0. The van der Waals surface area contributed by atoms with Gasteiger partial charge in [0, 0.05) is 28.3 Å².